The number of nitriles is 1. The van der Waals surface area contributed by atoms with Gasteiger partial charge in [0.15, 0.2) is 5.78 Å². The van der Waals surface area contributed by atoms with Crippen LogP contribution in [0.15, 0.2) is 36.4 Å². The quantitative estimate of drug-likeness (QED) is 0.750. The number of carbonyl (C=O) groups is 1. The molecule has 0 spiro atoms. The molecule has 0 aromatic heterocycles. The van der Waals surface area contributed by atoms with Gasteiger partial charge < -0.3 is 0 Å². The summed E-state index contributed by atoms with van der Waals surface area (Å²) in [7, 11) is 1.93. The zero-order valence-electron chi connectivity index (χ0n) is 10.2. The van der Waals surface area contributed by atoms with Gasteiger partial charge in [0.2, 0.25) is 0 Å². The molecule has 3 nitrogen and oxygen atoms in total. The highest BCUT2D eigenvalue weighted by molar-refractivity contribution is 6.24. The van der Waals surface area contributed by atoms with Gasteiger partial charge in [-0.2, -0.15) is 5.26 Å². The van der Waals surface area contributed by atoms with Crippen LogP contribution in [0.3, 0.4) is 0 Å². The molecule has 0 amide bonds. The van der Waals surface area contributed by atoms with Crippen LogP contribution >= 0.6 is 0 Å². The molecule has 2 aliphatic rings. The lowest BCUT2D eigenvalue weighted by molar-refractivity contribution is -0.118. The zero-order valence-corrected chi connectivity index (χ0v) is 10.2. The summed E-state index contributed by atoms with van der Waals surface area (Å²) in [6, 6.07) is 12.0. The molecule has 0 radical (unpaired) electrons. The number of hydrogen-bond acceptors (Lipinski definition) is 3. The number of likely N-dealkylation sites (N-methyl/N-ethyl adjacent to an activating group) is 1. The molecule has 0 saturated carbocycles. The Morgan fingerprint density at radius 2 is 2.06 bits per heavy atom. The van der Waals surface area contributed by atoms with Gasteiger partial charge in [0.25, 0.3) is 0 Å². The second-order valence-corrected chi connectivity index (χ2v) is 4.95. The van der Waals surface area contributed by atoms with E-state index in [-0.39, 0.29) is 23.8 Å². The van der Waals surface area contributed by atoms with E-state index < -0.39 is 0 Å². The molecule has 3 unspecified atom stereocenters. The van der Waals surface area contributed by atoms with E-state index in [9.17, 15) is 4.79 Å². The predicted molar refractivity (Wildman–Crippen MR) is 68.5 cm³/mol. The Labute approximate surface area is 106 Å². The predicted octanol–water partition coefficient (Wildman–Crippen LogP) is 1.87. The summed E-state index contributed by atoms with van der Waals surface area (Å²) < 4.78 is 0. The monoisotopic (exact) mass is 238 g/mol. The van der Waals surface area contributed by atoms with E-state index >= 15 is 0 Å². The normalized spacial score (nSPS) is 31.0. The van der Waals surface area contributed by atoms with Crippen molar-refractivity contribution in [3.05, 3.63) is 42.0 Å². The number of Topliss-reactive ketones (excluding diaryl/α,β-unsaturated/α-hetero) is 1. The molecule has 1 fully saturated rings. The van der Waals surface area contributed by atoms with Crippen LogP contribution in [0.1, 0.15) is 12.0 Å². The van der Waals surface area contributed by atoms with Crippen LogP contribution in [0, 0.1) is 17.2 Å². The van der Waals surface area contributed by atoms with Gasteiger partial charge in [0.05, 0.1) is 18.0 Å². The molecule has 1 saturated heterocycles. The summed E-state index contributed by atoms with van der Waals surface area (Å²) in [5, 5.41) is 9.16. The molecule has 3 heteroatoms. The molecule has 90 valence electrons. The van der Waals surface area contributed by atoms with Crippen molar-refractivity contribution >= 4 is 11.4 Å². The maximum absolute atomic E-state index is 12.4. The molecule has 2 bridgehead atoms. The van der Waals surface area contributed by atoms with Crippen LogP contribution in [0.2, 0.25) is 0 Å². The van der Waals surface area contributed by atoms with Crippen molar-refractivity contribution in [2.45, 2.75) is 18.5 Å². The Bertz CT molecular complexity index is 556. The SMILES string of the molecule is CN1C2CC(C#N)C1C=C(c1ccccc1)C2=O. The molecule has 2 aliphatic heterocycles. The Hall–Kier alpha value is -1.92. The first-order valence-corrected chi connectivity index (χ1v) is 6.15. The van der Waals surface area contributed by atoms with Gasteiger partial charge in [-0.25, -0.2) is 0 Å². The Kier molecular flexibility index (Phi) is 2.53. The van der Waals surface area contributed by atoms with Crippen LogP contribution in [-0.2, 0) is 4.79 Å². The summed E-state index contributed by atoms with van der Waals surface area (Å²) >= 11 is 0. The van der Waals surface area contributed by atoms with E-state index in [2.05, 4.69) is 6.07 Å². The van der Waals surface area contributed by atoms with E-state index in [1.54, 1.807) is 0 Å². The molecular weight excluding hydrogens is 224 g/mol. The van der Waals surface area contributed by atoms with Crippen LogP contribution in [0.5, 0.6) is 0 Å². The van der Waals surface area contributed by atoms with Crippen molar-refractivity contribution in [2.24, 2.45) is 5.92 Å². The number of benzene rings is 1. The van der Waals surface area contributed by atoms with Crippen molar-refractivity contribution in [3.63, 3.8) is 0 Å². The second-order valence-electron chi connectivity index (χ2n) is 4.95. The molecule has 2 heterocycles. The van der Waals surface area contributed by atoms with Crippen molar-refractivity contribution in [1.29, 1.82) is 5.26 Å². The maximum atomic E-state index is 12.4. The largest absolute Gasteiger partial charge is 0.292 e. The minimum atomic E-state index is -0.125. The molecule has 0 aliphatic carbocycles. The number of ketones is 1. The molecule has 1 aromatic carbocycles. The molecule has 3 atom stereocenters. The van der Waals surface area contributed by atoms with Crippen LogP contribution in [0.25, 0.3) is 5.57 Å². The Morgan fingerprint density at radius 3 is 2.72 bits per heavy atom. The molecule has 0 N–H and O–H groups in total. The number of rotatable bonds is 1. The molecule has 1 aromatic rings. The van der Waals surface area contributed by atoms with E-state index in [1.165, 1.54) is 0 Å². The standard InChI is InChI=1S/C15H14N2O/c1-17-13-8-12(10-5-3-2-4-6-10)15(18)14(17)7-11(13)9-16/h2-6,8,11,13-14H,7H2,1H3. The summed E-state index contributed by atoms with van der Waals surface area (Å²) in [5.41, 5.74) is 1.74. The van der Waals surface area contributed by atoms with E-state index in [1.807, 2.05) is 48.4 Å². The lowest BCUT2D eigenvalue weighted by atomic mass is 9.94. The van der Waals surface area contributed by atoms with Crippen molar-refractivity contribution < 1.29 is 4.79 Å². The highest BCUT2D eigenvalue weighted by Crippen LogP contribution is 2.38. The third-order valence-corrected chi connectivity index (χ3v) is 4.01. The number of carbonyl (C=O) groups excluding carboxylic acids is 1. The van der Waals surface area contributed by atoms with Gasteiger partial charge in [-0.15, -0.1) is 0 Å². The van der Waals surface area contributed by atoms with Gasteiger partial charge in [-0.05, 0) is 19.0 Å². The summed E-state index contributed by atoms with van der Waals surface area (Å²) in [6.07, 6.45) is 2.62. The summed E-state index contributed by atoms with van der Waals surface area (Å²) in [4.78, 5) is 14.5. The van der Waals surface area contributed by atoms with Crippen molar-refractivity contribution in [1.82, 2.24) is 4.90 Å². The fourth-order valence-corrected chi connectivity index (χ4v) is 2.98. The van der Waals surface area contributed by atoms with Gasteiger partial charge in [0, 0.05) is 11.6 Å². The highest BCUT2D eigenvalue weighted by atomic mass is 16.1. The minimum Gasteiger partial charge on any atom is -0.292 e. The molecular formula is C15H14N2O. The van der Waals surface area contributed by atoms with E-state index in [0.29, 0.717) is 6.42 Å². The fourth-order valence-electron chi connectivity index (χ4n) is 2.98. The van der Waals surface area contributed by atoms with Gasteiger partial charge >= 0.3 is 0 Å². The first kappa shape index (κ1) is 11.2. The lowest BCUT2D eigenvalue weighted by Gasteiger charge is -2.29. The number of fused-ring (bicyclic) bond motifs is 2. The average Bonchev–Trinajstić information content (AvgIpc) is 2.63. The number of nitrogens with zero attached hydrogens (tertiary/aromatic N) is 2. The smallest absolute Gasteiger partial charge is 0.180 e. The second kappa shape index (κ2) is 4.08. The number of hydrogen-bond donors (Lipinski definition) is 0. The van der Waals surface area contributed by atoms with Crippen LogP contribution < -0.4 is 0 Å². The summed E-state index contributed by atoms with van der Waals surface area (Å²) in [6.45, 7) is 0. The fraction of sp³-hybridized carbons (Fsp3) is 0.333. The zero-order chi connectivity index (χ0) is 12.7. The lowest BCUT2D eigenvalue weighted by Crippen LogP contribution is -2.41. The van der Waals surface area contributed by atoms with E-state index in [4.69, 9.17) is 5.26 Å². The van der Waals surface area contributed by atoms with Crippen molar-refractivity contribution in [2.75, 3.05) is 7.05 Å². The van der Waals surface area contributed by atoms with Crippen LogP contribution in [0.4, 0.5) is 0 Å². The molecule has 18 heavy (non-hydrogen) atoms. The summed E-state index contributed by atoms with van der Waals surface area (Å²) in [5.74, 6) is 0.0860. The highest BCUT2D eigenvalue weighted by Gasteiger charge is 2.46. The van der Waals surface area contributed by atoms with Gasteiger partial charge in [0.1, 0.15) is 0 Å². The van der Waals surface area contributed by atoms with Crippen molar-refractivity contribution in [3.8, 4) is 6.07 Å². The Morgan fingerprint density at radius 1 is 1.33 bits per heavy atom. The third kappa shape index (κ3) is 1.50. The third-order valence-electron chi connectivity index (χ3n) is 4.01. The van der Waals surface area contributed by atoms with Crippen LogP contribution in [-0.4, -0.2) is 29.8 Å². The first-order chi connectivity index (χ1) is 8.72. The molecule has 3 rings (SSSR count). The van der Waals surface area contributed by atoms with Gasteiger partial charge in [-0.3, -0.25) is 9.69 Å². The average molecular weight is 238 g/mol. The first-order valence-electron chi connectivity index (χ1n) is 6.15. The van der Waals surface area contributed by atoms with E-state index in [0.717, 1.165) is 11.1 Å². The Balaban J connectivity index is 2.06. The topological polar surface area (TPSA) is 44.1 Å². The maximum Gasteiger partial charge on any atom is 0.180 e. The van der Waals surface area contributed by atoms with Gasteiger partial charge in [-0.1, -0.05) is 36.4 Å². The minimum absolute atomic E-state index is 0.0647.